The van der Waals surface area contributed by atoms with E-state index in [1.165, 1.54) is 11.1 Å². The summed E-state index contributed by atoms with van der Waals surface area (Å²) in [5, 5.41) is 2.91. The maximum absolute atomic E-state index is 12.1. The van der Waals surface area contributed by atoms with Crippen molar-refractivity contribution < 1.29 is 14.3 Å². The topological polar surface area (TPSA) is 63.7 Å². The molecule has 1 aromatic carbocycles. The summed E-state index contributed by atoms with van der Waals surface area (Å²) >= 11 is 0. The Balaban J connectivity index is 1.21. The lowest BCUT2D eigenvalue weighted by Crippen LogP contribution is -2.40. The lowest BCUT2D eigenvalue weighted by Gasteiger charge is -2.34. The number of carbonyl (C=O) groups is 1. The summed E-state index contributed by atoms with van der Waals surface area (Å²) in [5.41, 5.74) is 6.39. The average molecular weight is 391 g/mol. The molecule has 0 bridgehead atoms. The van der Waals surface area contributed by atoms with Crippen molar-refractivity contribution in [3.05, 3.63) is 51.7 Å². The Morgan fingerprint density at radius 2 is 2.07 bits per heavy atom. The molecule has 0 spiro atoms. The Morgan fingerprint density at radius 1 is 1.21 bits per heavy atom. The van der Waals surface area contributed by atoms with Crippen LogP contribution in [0.5, 0.6) is 5.75 Å². The van der Waals surface area contributed by atoms with Crippen LogP contribution in [0, 0.1) is 19.8 Å². The second kappa shape index (κ2) is 6.20. The number of ether oxygens (including phenoxy) is 2. The van der Waals surface area contributed by atoms with E-state index in [0.29, 0.717) is 31.7 Å². The summed E-state index contributed by atoms with van der Waals surface area (Å²) in [7, 11) is 0. The molecule has 1 saturated carbocycles. The van der Waals surface area contributed by atoms with Gasteiger partial charge in [-0.2, -0.15) is 0 Å². The first kappa shape index (κ1) is 17.3. The molecular weight excluding hydrogens is 366 g/mol. The first-order valence-electron chi connectivity index (χ1n) is 10.5. The predicted molar refractivity (Wildman–Crippen MR) is 108 cm³/mol. The van der Waals surface area contributed by atoms with E-state index in [1.807, 2.05) is 6.92 Å². The Labute approximate surface area is 170 Å². The molecule has 6 nitrogen and oxygen atoms in total. The number of amides is 1. The molecule has 29 heavy (non-hydrogen) atoms. The maximum Gasteiger partial charge on any atom is 0.253 e. The summed E-state index contributed by atoms with van der Waals surface area (Å²) in [6, 6.07) is 6.84. The van der Waals surface area contributed by atoms with Crippen LogP contribution < -0.4 is 15.0 Å². The van der Waals surface area contributed by atoms with Crippen LogP contribution in [-0.4, -0.2) is 29.6 Å². The number of piperidine rings is 1. The fourth-order valence-corrected chi connectivity index (χ4v) is 5.21. The van der Waals surface area contributed by atoms with Crippen LogP contribution in [0.4, 0.5) is 5.82 Å². The zero-order valence-electron chi connectivity index (χ0n) is 16.8. The highest BCUT2D eigenvalue weighted by molar-refractivity contribution is 5.99. The minimum Gasteiger partial charge on any atom is -0.490 e. The molecule has 150 valence electrons. The molecule has 3 aliphatic heterocycles. The average Bonchev–Trinajstić information content (AvgIpc) is 3.24. The smallest absolute Gasteiger partial charge is 0.253 e. The fourth-order valence-electron chi connectivity index (χ4n) is 5.21. The van der Waals surface area contributed by atoms with Crippen LogP contribution in [0.2, 0.25) is 0 Å². The van der Waals surface area contributed by atoms with Gasteiger partial charge in [-0.15, -0.1) is 0 Å². The van der Waals surface area contributed by atoms with Crippen LogP contribution in [0.1, 0.15) is 51.1 Å². The van der Waals surface area contributed by atoms with Gasteiger partial charge in [0.2, 0.25) is 0 Å². The highest BCUT2D eigenvalue weighted by Gasteiger charge is 2.52. The SMILES string of the molecule is Cc1c(N2CCC(Oc3ccc4c(c3)COC4)C3CC32)nc2c(c1C)C(=O)NC2. The zero-order chi connectivity index (χ0) is 19.7. The van der Waals surface area contributed by atoms with Gasteiger partial charge in [0.1, 0.15) is 17.7 Å². The monoisotopic (exact) mass is 391 g/mol. The molecule has 6 rings (SSSR count). The second-order valence-corrected chi connectivity index (χ2v) is 8.72. The Kier molecular flexibility index (Phi) is 3.69. The van der Waals surface area contributed by atoms with Gasteiger partial charge in [0, 0.05) is 24.9 Å². The number of anilines is 1. The third kappa shape index (κ3) is 2.65. The van der Waals surface area contributed by atoms with Crippen molar-refractivity contribution in [2.75, 3.05) is 11.4 Å². The summed E-state index contributed by atoms with van der Waals surface area (Å²) in [6.07, 6.45) is 2.40. The van der Waals surface area contributed by atoms with Crippen LogP contribution in [0.3, 0.4) is 0 Å². The summed E-state index contributed by atoms with van der Waals surface area (Å²) < 4.78 is 11.9. The molecular formula is C23H25N3O3. The van der Waals surface area contributed by atoms with Gasteiger partial charge in [-0.1, -0.05) is 6.07 Å². The molecule has 2 fully saturated rings. The van der Waals surface area contributed by atoms with Gasteiger partial charge in [0.15, 0.2) is 0 Å². The number of nitrogens with one attached hydrogen (secondary N) is 1. The summed E-state index contributed by atoms with van der Waals surface area (Å²) in [6.45, 7) is 7.02. The van der Waals surface area contributed by atoms with Crippen LogP contribution >= 0.6 is 0 Å². The molecule has 1 aromatic heterocycles. The number of fused-ring (bicyclic) bond motifs is 3. The normalized spacial score (nSPS) is 26.6. The quantitative estimate of drug-likeness (QED) is 0.871. The minimum atomic E-state index is 0.0100. The first-order chi connectivity index (χ1) is 14.1. The highest BCUT2D eigenvalue weighted by atomic mass is 16.5. The number of carbonyl (C=O) groups excluding carboxylic acids is 1. The van der Waals surface area contributed by atoms with Gasteiger partial charge in [-0.3, -0.25) is 4.79 Å². The van der Waals surface area contributed by atoms with Crippen molar-refractivity contribution in [1.29, 1.82) is 0 Å². The third-order valence-corrected chi connectivity index (χ3v) is 7.04. The van der Waals surface area contributed by atoms with Crippen LogP contribution in [-0.2, 0) is 24.5 Å². The number of nitrogens with zero attached hydrogens (tertiary/aromatic N) is 2. The van der Waals surface area contributed by atoms with Gasteiger partial charge >= 0.3 is 0 Å². The molecule has 2 aromatic rings. The highest BCUT2D eigenvalue weighted by Crippen LogP contribution is 2.47. The Morgan fingerprint density at radius 3 is 2.97 bits per heavy atom. The standard InChI is InChI=1S/C23H25N3O3/c1-12-13(2)22(25-18-9-24-23(27)21(12)18)26-6-5-20(17-8-19(17)26)29-16-4-3-14-10-28-11-15(14)7-16/h3-4,7,17,19-20H,5-6,8-11H2,1-2H3,(H,24,27). The van der Waals surface area contributed by atoms with Gasteiger partial charge in [-0.05, 0) is 54.7 Å². The largest absolute Gasteiger partial charge is 0.490 e. The molecule has 1 N–H and O–H groups in total. The lowest BCUT2D eigenvalue weighted by atomic mass is 10.0. The van der Waals surface area contributed by atoms with Gasteiger partial charge in [-0.25, -0.2) is 4.98 Å². The van der Waals surface area contributed by atoms with Gasteiger partial charge < -0.3 is 19.7 Å². The van der Waals surface area contributed by atoms with Crippen LogP contribution in [0.25, 0.3) is 0 Å². The fraction of sp³-hybridized carbons (Fsp3) is 0.478. The molecule has 6 heteroatoms. The Hall–Kier alpha value is -2.60. The zero-order valence-corrected chi connectivity index (χ0v) is 16.8. The van der Waals surface area contributed by atoms with Crippen molar-refractivity contribution in [2.24, 2.45) is 5.92 Å². The molecule has 0 radical (unpaired) electrons. The van der Waals surface area contributed by atoms with Crippen molar-refractivity contribution in [3.63, 3.8) is 0 Å². The number of benzene rings is 1. The van der Waals surface area contributed by atoms with Gasteiger partial charge in [0.25, 0.3) is 5.91 Å². The van der Waals surface area contributed by atoms with E-state index in [9.17, 15) is 4.79 Å². The second-order valence-electron chi connectivity index (χ2n) is 8.72. The minimum absolute atomic E-state index is 0.0100. The van der Waals surface area contributed by atoms with E-state index in [-0.39, 0.29) is 12.0 Å². The molecule has 3 unspecified atom stereocenters. The number of hydrogen-bond donors (Lipinski definition) is 1. The molecule has 4 aliphatic rings. The van der Waals surface area contributed by atoms with Gasteiger partial charge in [0.05, 0.1) is 31.0 Å². The summed E-state index contributed by atoms with van der Waals surface area (Å²) in [5.74, 6) is 2.57. The summed E-state index contributed by atoms with van der Waals surface area (Å²) in [4.78, 5) is 19.4. The van der Waals surface area contributed by atoms with E-state index in [2.05, 4.69) is 35.3 Å². The number of rotatable bonds is 3. The van der Waals surface area contributed by atoms with Crippen molar-refractivity contribution in [3.8, 4) is 5.75 Å². The molecule has 1 aliphatic carbocycles. The van der Waals surface area contributed by atoms with Crippen molar-refractivity contribution >= 4 is 11.7 Å². The lowest BCUT2D eigenvalue weighted by molar-refractivity contribution is 0.0965. The first-order valence-corrected chi connectivity index (χ1v) is 10.5. The van der Waals surface area contributed by atoms with E-state index < -0.39 is 0 Å². The number of pyridine rings is 1. The third-order valence-electron chi connectivity index (χ3n) is 7.04. The predicted octanol–water partition coefficient (Wildman–Crippen LogP) is 3.02. The van der Waals surface area contributed by atoms with Crippen molar-refractivity contribution in [1.82, 2.24) is 10.3 Å². The van der Waals surface area contributed by atoms with E-state index in [1.54, 1.807) is 0 Å². The maximum atomic E-state index is 12.1. The molecule has 4 heterocycles. The Bertz CT molecular complexity index is 1030. The molecule has 1 saturated heterocycles. The molecule has 3 atom stereocenters. The number of hydrogen-bond acceptors (Lipinski definition) is 5. The molecule has 1 amide bonds. The van der Waals surface area contributed by atoms with E-state index in [4.69, 9.17) is 14.5 Å². The van der Waals surface area contributed by atoms with Crippen molar-refractivity contribution in [2.45, 2.75) is 58.6 Å². The van der Waals surface area contributed by atoms with Crippen LogP contribution in [0.15, 0.2) is 18.2 Å². The van der Waals surface area contributed by atoms with E-state index in [0.717, 1.165) is 53.3 Å². The van der Waals surface area contributed by atoms with E-state index >= 15 is 0 Å². The number of aromatic nitrogens is 1.